The second-order valence-electron chi connectivity index (χ2n) is 6.24. The first-order chi connectivity index (χ1) is 12.5. The Labute approximate surface area is 151 Å². The predicted octanol–water partition coefficient (Wildman–Crippen LogP) is 0.934. The Morgan fingerprint density at radius 1 is 1.15 bits per heavy atom. The summed E-state index contributed by atoms with van der Waals surface area (Å²) >= 11 is 0. The van der Waals surface area contributed by atoms with E-state index in [-0.39, 0.29) is 18.0 Å². The Morgan fingerprint density at radius 2 is 1.85 bits per heavy atom. The molecule has 1 aliphatic rings. The summed E-state index contributed by atoms with van der Waals surface area (Å²) in [4.78, 5) is 27.3. The summed E-state index contributed by atoms with van der Waals surface area (Å²) in [6.07, 6.45) is 2.63. The number of ether oxygens (including phenoxy) is 1. The van der Waals surface area contributed by atoms with E-state index >= 15 is 0 Å². The van der Waals surface area contributed by atoms with Crippen molar-refractivity contribution in [1.82, 2.24) is 19.6 Å². The fourth-order valence-electron chi connectivity index (χ4n) is 2.94. The highest BCUT2D eigenvalue weighted by atomic mass is 16.5. The van der Waals surface area contributed by atoms with Gasteiger partial charge in [-0.15, -0.1) is 0 Å². The van der Waals surface area contributed by atoms with Crippen molar-refractivity contribution in [3.63, 3.8) is 0 Å². The van der Waals surface area contributed by atoms with Gasteiger partial charge in [0.05, 0.1) is 18.9 Å². The minimum absolute atomic E-state index is 0.0471. The Bertz CT molecular complexity index is 764. The van der Waals surface area contributed by atoms with Gasteiger partial charge in [-0.25, -0.2) is 4.79 Å². The maximum Gasteiger partial charge on any atom is 0.338 e. The van der Waals surface area contributed by atoms with Crippen LogP contribution in [0.1, 0.15) is 15.9 Å². The number of carbonyl (C=O) groups excluding carboxylic acids is 1. The second kappa shape index (κ2) is 8.01. The molecule has 1 amide bonds. The maximum absolute atomic E-state index is 12.4. The van der Waals surface area contributed by atoms with Crippen molar-refractivity contribution in [2.24, 2.45) is 0 Å². The molecule has 1 aliphatic heterocycles. The molecule has 8 heteroatoms. The zero-order valence-corrected chi connectivity index (χ0v) is 14.7. The molecule has 3 rings (SSSR count). The lowest BCUT2D eigenvalue weighted by atomic mass is 10.2. The van der Waals surface area contributed by atoms with Gasteiger partial charge in [-0.2, -0.15) is 5.10 Å². The summed E-state index contributed by atoms with van der Waals surface area (Å²) in [6.45, 7) is 3.82. The Kier molecular flexibility index (Phi) is 5.52. The van der Waals surface area contributed by atoms with Crippen molar-refractivity contribution in [2.75, 3.05) is 33.3 Å². The van der Waals surface area contributed by atoms with E-state index in [2.05, 4.69) is 10.00 Å². The third kappa shape index (κ3) is 4.40. The lowest BCUT2D eigenvalue weighted by Gasteiger charge is -2.34. The molecule has 0 saturated carbocycles. The molecule has 1 saturated heterocycles. The summed E-state index contributed by atoms with van der Waals surface area (Å²) in [5.41, 5.74) is 1.30. The highest BCUT2D eigenvalue weighted by molar-refractivity contribution is 5.87. The first kappa shape index (κ1) is 17.9. The number of nitrogens with zero attached hydrogens (tertiary/aromatic N) is 4. The van der Waals surface area contributed by atoms with Crippen LogP contribution in [0.3, 0.4) is 0 Å². The molecule has 0 radical (unpaired) electrons. The van der Waals surface area contributed by atoms with Crippen molar-refractivity contribution in [3.8, 4) is 5.75 Å². The second-order valence-corrected chi connectivity index (χ2v) is 6.24. The van der Waals surface area contributed by atoms with E-state index in [0.717, 1.165) is 25.4 Å². The molecule has 0 unspecified atom stereocenters. The molecule has 0 atom stereocenters. The molecule has 1 aromatic carbocycles. The average Bonchev–Trinajstić information content (AvgIpc) is 3.12. The number of hydrogen-bond donors (Lipinski definition) is 1. The SMILES string of the molecule is COc1ccc(CN2CCN(C(=O)Cn3cc(C(=O)O)cn3)CC2)cc1. The van der Waals surface area contributed by atoms with Gasteiger partial charge in [0.25, 0.3) is 0 Å². The number of aromatic nitrogens is 2. The number of amides is 1. The Morgan fingerprint density at radius 3 is 2.42 bits per heavy atom. The highest BCUT2D eigenvalue weighted by Gasteiger charge is 2.21. The van der Waals surface area contributed by atoms with Crippen molar-refractivity contribution < 1.29 is 19.4 Å². The van der Waals surface area contributed by atoms with Crippen LogP contribution in [0, 0.1) is 0 Å². The molecule has 0 spiro atoms. The molecule has 1 fully saturated rings. The molecule has 2 heterocycles. The molecular weight excluding hydrogens is 336 g/mol. The van der Waals surface area contributed by atoms with E-state index in [9.17, 15) is 9.59 Å². The minimum atomic E-state index is -1.05. The molecule has 138 valence electrons. The van der Waals surface area contributed by atoms with E-state index in [4.69, 9.17) is 9.84 Å². The molecule has 2 aromatic rings. The Balaban J connectivity index is 1.47. The molecule has 1 aromatic heterocycles. The van der Waals surface area contributed by atoms with Crippen molar-refractivity contribution in [1.29, 1.82) is 0 Å². The van der Waals surface area contributed by atoms with Gasteiger partial charge in [-0.1, -0.05) is 12.1 Å². The molecule has 8 nitrogen and oxygen atoms in total. The number of aromatic carboxylic acids is 1. The van der Waals surface area contributed by atoms with Crippen molar-refractivity contribution >= 4 is 11.9 Å². The summed E-state index contributed by atoms with van der Waals surface area (Å²) in [5.74, 6) is -0.251. The van der Waals surface area contributed by atoms with Gasteiger partial charge in [0.1, 0.15) is 12.3 Å². The quantitative estimate of drug-likeness (QED) is 0.827. The van der Waals surface area contributed by atoms with Gasteiger partial charge < -0.3 is 14.7 Å². The number of carboxylic acid groups (broad SMARTS) is 1. The maximum atomic E-state index is 12.4. The monoisotopic (exact) mass is 358 g/mol. The molecule has 0 aliphatic carbocycles. The number of benzene rings is 1. The summed E-state index contributed by atoms with van der Waals surface area (Å²) in [5, 5.41) is 12.8. The van der Waals surface area contributed by atoms with Crippen LogP contribution < -0.4 is 4.74 Å². The standard InChI is InChI=1S/C18H22N4O4/c1-26-16-4-2-14(3-5-16)11-20-6-8-21(9-7-20)17(23)13-22-12-15(10-19-22)18(24)25/h2-5,10,12H,6-9,11,13H2,1H3,(H,24,25). The number of rotatable bonds is 6. The van der Waals surface area contributed by atoms with Crippen LogP contribution in [-0.2, 0) is 17.9 Å². The number of carboxylic acids is 1. The van der Waals surface area contributed by atoms with Crippen LogP contribution in [0.25, 0.3) is 0 Å². The van der Waals surface area contributed by atoms with Crippen LogP contribution in [0.5, 0.6) is 5.75 Å². The smallest absolute Gasteiger partial charge is 0.338 e. The van der Waals surface area contributed by atoms with Gasteiger partial charge in [-0.05, 0) is 17.7 Å². The largest absolute Gasteiger partial charge is 0.497 e. The first-order valence-electron chi connectivity index (χ1n) is 8.44. The van der Waals surface area contributed by atoms with Gasteiger partial charge in [0.2, 0.25) is 5.91 Å². The van der Waals surface area contributed by atoms with E-state index in [0.29, 0.717) is 13.1 Å². The fourth-order valence-corrected chi connectivity index (χ4v) is 2.94. The van der Waals surface area contributed by atoms with Crippen molar-refractivity contribution in [2.45, 2.75) is 13.1 Å². The van der Waals surface area contributed by atoms with Gasteiger partial charge in [0, 0.05) is 38.9 Å². The third-order valence-electron chi connectivity index (χ3n) is 4.47. The topological polar surface area (TPSA) is 87.9 Å². The average molecular weight is 358 g/mol. The number of methoxy groups -OCH3 is 1. The van der Waals surface area contributed by atoms with Gasteiger partial charge in [-0.3, -0.25) is 14.4 Å². The fraction of sp³-hybridized carbons (Fsp3) is 0.389. The van der Waals surface area contributed by atoms with Crippen LogP contribution in [-0.4, -0.2) is 69.9 Å². The number of piperazine rings is 1. The molecule has 26 heavy (non-hydrogen) atoms. The number of hydrogen-bond acceptors (Lipinski definition) is 5. The van der Waals surface area contributed by atoms with Crippen LogP contribution >= 0.6 is 0 Å². The van der Waals surface area contributed by atoms with E-state index in [1.807, 2.05) is 24.3 Å². The van der Waals surface area contributed by atoms with E-state index in [1.165, 1.54) is 22.6 Å². The van der Waals surface area contributed by atoms with Crippen LogP contribution in [0.4, 0.5) is 0 Å². The normalized spacial score (nSPS) is 15.0. The third-order valence-corrected chi connectivity index (χ3v) is 4.47. The lowest BCUT2D eigenvalue weighted by molar-refractivity contribution is -0.133. The zero-order chi connectivity index (χ0) is 18.5. The minimum Gasteiger partial charge on any atom is -0.497 e. The Hall–Kier alpha value is -2.87. The summed E-state index contributed by atoms with van der Waals surface area (Å²) < 4.78 is 6.54. The lowest BCUT2D eigenvalue weighted by Crippen LogP contribution is -2.49. The summed E-state index contributed by atoms with van der Waals surface area (Å²) in [6, 6.07) is 8.00. The van der Waals surface area contributed by atoms with E-state index < -0.39 is 5.97 Å². The molecular formula is C18H22N4O4. The van der Waals surface area contributed by atoms with Gasteiger partial charge >= 0.3 is 5.97 Å². The zero-order valence-electron chi connectivity index (χ0n) is 14.7. The van der Waals surface area contributed by atoms with E-state index in [1.54, 1.807) is 12.0 Å². The van der Waals surface area contributed by atoms with Gasteiger partial charge in [0.15, 0.2) is 0 Å². The highest BCUT2D eigenvalue weighted by Crippen LogP contribution is 2.14. The first-order valence-corrected chi connectivity index (χ1v) is 8.44. The predicted molar refractivity (Wildman–Crippen MR) is 94.0 cm³/mol. The molecule has 1 N–H and O–H groups in total. The molecule has 0 bridgehead atoms. The van der Waals surface area contributed by atoms with Crippen molar-refractivity contribution in [3.05, 3.63) is 47.8 Å². The van der Waals surface area contributed by atoms with Crippen LogP contribution in [0.15, 0.2) is 36.7 Å². The van der Waals surface area contributed by atoms with Crippen LogP contribution in [0.2, 0.25) is 0 Å². The number of carbonyl (C=O) groups is 2. The summed E-state index contributed by atoms with van der Waals surface area (Å²) in [7, 11) is 1.65.